The molecule has 1 aliphatic heterocycles. The van der Waals surface area contributed by atoms with Crippen LogP contribution >= 0.6 is 0 Å². The van der Waals surface area contributed by atoms with Gasteiger partial charge in [-0.3, -0.25) is 9.47 Å². The lowest BCUT2D eigenvalue weighted by Gasteiger charge is -2.31. The molecule has 0 aromatic carbocycles. The molecule has 0 aliphatic carbocycles. The number of piperidine rings is 1. The third kappa shape index (κ3) is 3.56. The second kappa shape index (κ2) is 7.09. The Hall–Kier alpha value is -2.61. The van der Waals surface area contributed by atoms with Crippen LogP contribution in [0, 0.1) is 0 Å². The third-order valence-electron chi connectivity index (χ3n) is 5.56. The summed E-state index contributed by atoms with van der Waals surface area (Å²) in [4.78, 5) is 17.9. The average molecular weight is 381 g/mol. The van der Waals surface area contributed by atoms with Crippen molar-refractivity contribution < 1.29 is 0 Å². The molecule has 1 saturated heterocycles. The third-order valence-corrected chi connectivity index (χ3v) is 5.56. The molecule has 8 nitrogen and oxygen atoms in total. The Bertz CT molecular complexity index is 1040. The Labute approximate surface area is 164 Å². The lowest BCUT2D eigenvalue weighted by Crippen LogP contribution is -2.35. The van der Waals surface area contributed by atoms with Crippen LogP contribution in [-0.2, 0) is 19.0 Å². The van der Waals surface area contributed by atoms with Crippen LogP contribution < -0.4 is 5.69 Å². The number of hydrogen-bond acceptors (Lipinski definition) is 6. The molecular formula is C20H27N7O. The molecule has 0 N–H and O–H groups in total. The first-order valence-electron chi connectivity index (χ1n) is 9.79. The van der Waals surface area contributed by atoms with Crippen molar-refractivity contribution in [2.75, 3.05) is 13.1 Å². The van der Waals surface area contributed by atoms with Crippen molar-refractivity contribution >= 4 is 5.65 Å². The fourth-order valence-corrected chi connectivity index (χ4v) is 3.71. The zero-order valence-corrected chi connectivity index (χ0v) is 17.0. The van der Waals surface area contributed by atoms with Crippen LogP contribution in [0.25, 0.3) is 5.65 Å². The Morgan fingerprint density at radius 2 is 1.86 bits per heavy atom. The fraction of sp³-hybridized carbons (Fsp3) is 0.550. The maximum absolute atomic E-state index is 11.7. The molecule has 3 aromatic heterocycles. The Kier molecular flexibility index (Phi) is 4.74. The van der Waals surface area contributed by atoms with Crippen LogP contribution in [0.5, 0.6) is 0 Å². The molecule has 4 heterocycles. The van der Waals surface area contributed by atoms with Gasteiger partial charge in [-0.05, 0) is 44.1 Å². The van der Waals surface area contributed by atoms with Gasteiger partial charge >= 0.3 is 5.69 Å². The van der Waals surface area contributed by atoms with Crippen molar-refractivity contribution in [1.82, 2.24) is 34.3 Å². The maximum atomic E-state index is 11.7. The molecule has 4 rings (SSSR count). The van der Waals surface area contributed by atoms with E-state index in [1.807, 2.05) is 22.7 Å². The number of aromatic nitrogens is 6. The summed E-state index contributed by atoms with van der Waals surface area (Å²) in [5, 5.41) is 13.6. The summed E-state index contributed by atoms with van der Waals surface area (Å²) in [5.41, 5.74) is 2.61. The zero-order valence-electron chi connectivity index (χ0n) is 17.0. The van der Waals surface area contributed by atoms with Crippen LogP contribution in [0.4, 0.5) is 0 Å². The van der Waals surface area contributed by atoms with E-state index in [9.17, 15) is 4.79 Å². The van der Waals surface area contributed by atoms with Crippen LogP contribution in [0.2, 0.25) is 0 Å². The smallest absolute Gasteiger partial charge is 0.298 e. The maximum Gasteiger partial charge on any atom is 0.347 e. The zero-order chi connectivity index (χ0) is 19.9. The van der Waals surface area contributed by atoms with Crippen LogP contribution in [0.1, 0.15) is 56.7 Å². The highest BCUT2D eigenvalue weighted by Crippen LogP contribution is 2.28. The van der Waals surface area contributed by atoms with E-state index < -0.39 is 0 Å². The molecule has 148 valence electrons. The molecule has 0 spiro atoms. The first-order chi connectivity index (χ1) is 13.3. The Morgan fingerprint density at radius 1 is 1.11 bits per heavy atom. The van der Waals surface area contributed by atoms with Gasteiger partial charge in [-0.2, -0.15) is 9.61 Å². The van der Waals surface area contributed by atoms with E-state index in [1.54, 1.807) is 17.8 Å². The van der Waals surface area contributed by atoms with Crippen molar-refractivity contribution in [2.45, 2.75) is 51.5 Å². The number of likely N-dealkylation sites (tertiary alicyclic amines) is 1. The monoisotopic (exact) mass is 381 g/mol. The minimum absolute atomic E-state index is 0.0143. The van der Waals surface area contributed by atoms with E-state index in [0.717, 1.165) is 55.3 Å². The van der Waals surface area contributed by atoms with Crippen LogP contribution in [-0.4, -0.2) is 47.4 Å². The standard InChI is InChI=1S/C20H27N7O/c1-20(2,3)16-5-6-17-22-23-18(27(17)24-16)14-8-11-26(12-9-14)13-15-7-10-21-19(28)25(15)4/h5-7,10,14H,8-9,11-13H2,1-4H3. The van der Waals surface area contributed by atoms with E-state index in [4.69, 9.17) is 5.10 Å². The molecule has 3 aromatic rings. The summed E-state index contributed by atoms with van der Waals surface area (Å²) >= 11 is 0. The molecule has 8 heteroatoms. The normalized spacial score (nSPS) is 16.7. The number of fused-ring (bicyclic) bond motifs is 1. The van der Waals surface area contributed by atoms with Crippen molar-refractivity contribution in [2.24, 2.45) is 7.05 Å². The fourth-order valence-electron chi connectivity index (χ4n) is 3.71. The summed E-state index contributed by atoms with van der Waals surface area (Å²) in [6.07, 6.45) is 3.59. The van der Waals surface area contributed by atoms with Gasteiger partial charge in [-0.1, -0.05) is 20.8 Å². The molecule has 0 unspecified atom stereocenters. The van der Waals surface area contributed by atoms with Gasteiger partial charge in [0.05, 0.1) is 5.69 Å². The molecule has 28 heavy (non-hydrogen) atoms. The predicted octanol–water partition coefficient (Wildman–Crippen LogP) is 1.90. The van der Waals surface area contributed by atoms with E-state index >= 15 is 0 Å². The van der Waals surface area contributed by atoms with Gasteiger partial charge in [0, 0.05) is 36.8 Å². The molecule has 1 fully saturated rings. The summed E-state index contributed by atoms with van der Waals surface area (Å²) < 4.78 is 3.55. The van der Waals surface area contributed by atoms with E-state index in [2.05, 4.69) is 40.9 Å². The number of rotatable bonds is 3. The first kappa shape index (κ1) is 18.7. The second-order valence-electron chi connectivity index (χ2n) is 8.62. The van der Waals surface area contributed by atoms with Crippen molar-refractivity contribution in [3.8, 4) is 0 Å². The molecule has 0 atom stereocenters. The van der Waals surface area contributed by atoms with Gasteiger partial charge in [0.1, 0.15) is 0 Å². The van der Waals surface area contributed by atoms with Crippen molar-refractivity contribution in [1.29, 1.82) is 0 Å². The van der Waals surface area contributed by atoms with Gasteiger partial charge in [-0.25, -0.2) is 9.78 Å². The molecule has 0 saturated carbocycles. The largest absolute Gasteiger partial charge is 0.347 e. The molecule has 0 radical (unpaired) electrons. The van der Waals surface area contributed by atoms with Crippen LogP contribution in [0.15, 0.2) is 29.2 Å². The minimum atomic E-state index is -0.206. The van der Waals surface area contributed by atoms with Gasteiger partial charge < -0.3 is 0 Å². The number of hydrogen-bond donors (Lipinski definition) is 0. The minimum Gasteiger partial charge on any atom is -0.298 e. The first-order valence-corrected chi connectivity index (χ1v) is 9.79. The summed E-state index contributed by atoms with van der Waals surface area (Å²) in [7, 11) is 1.78. The van der Waals surface area contributed by atoms with Crippen LogP contribution in [0.3, 0.4) is 0 Å². The lowest BCUT2D eigenvalue weighted by molar-refractivity contribution is 0.196. The van der Waals surface area contributed by atoms with Gasteiger partial charge in [0.15, 0.2) is 11.5 Å². The highest BCUT2D eigenvalue weighted by atomic mass is 16.1. The lowest BCUT2D eigenvalue weighted by atomic mass is 9.92. The molecular weight excluding hydrogens is 354 g/mol. The SMILES string of the molecule is Cn1c(CN2CCC(c3nnc4ccc(C(C)(C)C)nn34)CC2)ccnc1=O. The summed E-state index contributed by atoms with van der Waals surface area (Å²) in [6, 6.07) is 5.95. The summed E-state index contributed by atoms with van der Waals surface area (Å²) in [5.74, 6) is 1.30. The molecule has 0 bridgehead atoms. The topological polar surface area (TPSA) is 81.2 Å². The predicted molar refractivity (Wildman–Crippen MR) is 106 cm³/mol. The van der Waals surface area contributed by atoms with Gasteiger partial charge in [0.2, 0.25) is 0 Å². The summed E-state index contributed by atoms with van der Waals surface area (Å²) in [6.45, 7) is 9.15. The highest BCUT2D eigenvalue weighted by molar-refractivity contribution is 5.37. The van der Waals surface area contributed by atoms with E-state index in [1.165, 1.54) is 0 Å². The molecule has 0 amide bonds. The van der Waals surface area contributed by atoms with Gasteiger partial charge in [0.25, 0.3) is 0 Å². The van der Waals surface area contributed by atoms with E-state index in [-0.39, 0.29) is 11.1 Å². The van der Waals surface area contributed by atoms with E-state index in [0.29, 0.717) is 5.92 Å². The van der Waals surface area contributed by atoms with Gasteiger partial charge in [-0.15, -0.1) is 10.2 Å². The Balaban J connectivity index is 1.49. The molecule has 1 aliphatic rings. The quantitative estimate of drug-likeness (QED) is 0.689. The van der Waals surface area contributed by atoms with Crippen molar-refractivity contribution in [3.63, 3.8) is 0 Å². The average Bonchev–Trinajstić information content (AvgIpc) is 3.09. The Morgan fingerprint density at radius 3 is 2.57 bits per heavy atom. The second-order valence-corrected chi connectivity index (χ2v) is 8.62. The highest BCUT2D eigenvalue weighted by Gasteiger charge is 2.26. The number of nitrogens with zero attached hydrogens (tertiary/aromatic N) is 7. The van der Waals surface area contributed by atoms with Crippen molar-refractivity contribution in [3.05, 3.63) is 52.1 Å².